The molecular weight excluding hydrogens is 341 g/mol. The lowest BCUT2D eigenvalue weighted by Gasteiger charge is -2.41. The first-order chi connectivity index (χ1) is 12.9. The number of likely N-dealkylation sites (tertiary alicyclic amines) is 1. The zero-order valence-corrected chi connectivity index (χ0v) is 17.2. The lowest BCUT2D eigenvalue weighted by atomic mass is 9.79. The molecule has 3 rings (SSSR count). The quantitative estimate of drug-likeness (QED) is 0.757. The minimum atomic E-state index is -0.184. The molecule has 0 radical (unpaired) electrons. The summed E-state index contributed by atoms with van der Waals surface area (Å²) in [5, 5.41) is 0. The summed E-state index contributed by atoms with van der Waals surface area (Å²) in [7, 11) is 1.98. The molecule has 2 aliphatic heterocycles. The lowest BCUT2D eigenvalue weighted by Crippen LogP contribution is -2.52. The van der Waals surface area contributed by atoms with Crippen LogP contribution in [0.4, 0.5) is 10.1 Å². The molecule has 150 valence electrons. The summed E-state index contributed by atoms with van der Waals surface area (Å²) in [6.07, 6.45) is 3.93. The van der Waals surface area contributed by atoms with E-state index in [9.17, 15) is 9.18 Å². The molecule has 0 saturated carbocycles. The van der Waals surface area contributed by atoms with Gasteiger partial charge in [0.2, 0.25) is 5.91 Å². The molecule has 2 saturated heterocycles. The number of piperazine rings is 1. The van der Waals surface area contributed by atoms with Crippen molar-refractivity contribution in [1.82, 2.24) is 9.80 Å². The standard InChI is InChI=1S/C22H34FN3O/c1-5-22(6-2)15-20(24(4)21(22)27)11-12-25-13-14-26(16-17(25)3)19-9-7-18(23)8-10-19/h7-10,17,20H,5-6,11-16H2,1-4H3/t17-,20-/m0/s1. The Bertz CT molecular complexity index is 643. The van der Waals surface area contributed by atoms with Crippen molar-refractivity contribution < 1.29 is 9.18 Å². The Morgan fingerprint density at radius 2 is 1.81 bits per heavy atom. The van der Waals surface area contributed by atoms with Crippen molar-refractivity contribution >= 4 is 11.6 Å². The van der Waals surface area contributed by atoms with Crippen molar-refractivity contribution in [3.8, 4) is 0 Å². The van der Waals surface area contributed by atoms with E-state index in [-0.39, 0.29) is 11.2 Å². The smallest absolute Gasteiger partial charge is 0.228 e. The van der Waals surface area contributed by atoms with Gasteiger partial charge < -0.3 is 9.80 Å². The van der Waals surface area contributed by atoms with Crippen LogP contribution in [0.2, 0.25) is 0 Å². The third kappa shape index (κ3) is 3.98. The summed E-state index contributed by atoms with van der Waals surface area (Å²) in [5.74, 6) is 0.155. The largest absolute Gasteiger partial charge is 0.369 e. The Morgan fingerprint density at radius 1 is 1.15 bits per heavy atom. The van der Waals surface area contributed by atoms with Crippen LogP contribution in [0.15, 0.2) is 24.3 Å². The van der Waals surface area contributed by atoms with Crippen molar-refractivity contribution in [3.05, 3.63) is 30.1 Å². The van der Waals surface area contributed by atoms with Crippen molar-refractivity contribution in [2.24, 2.45) is 5.41 Å². The molecule has 2 atom stereocenters. The normalized spacial score (nSPS) is 26.0. The van der Waals surface area contributed by atoms with Gasteiger partial charge in [-0.2, -0.15) is 0 Å². The minimum Gasteiger partial charge on any atom is -0.369 e. The van der Waals surface area contributed by atoms with Crippen molar-refractivity contribution in [1.29, 1.82) is 0 Å². The predicted octanol–water partition coefficient (Wildman–Crippen LogP) is 3.76. The van der Waals surface area contributed by atoms with Crippen molar-refractivity contribution in [2.45, 2.75) is 58.5 Å². The van der Waals surface area contributed by atoms with Gasteiger partial charge in [0.25, 0.3) is 0 Å². The Balaban J connectivity index is 1.54. The van der Waals surface area contributed by atoms with Gasteiger partial charge >= 0.3 is 0 Å². The highest BCUT2D eigenvalue weighted by Crippen LogP contribution is 2.42. The average Bonchev–Trinajstić information content (AvgIpc) is 2.92. The third-order valence-corrected chi connectivity index (χ3v) is 7.01. The molecule has 0 spiro atoms. The van der Waals surface area contributed by atoms with E-state index in [4.69, 9.17) is 0 Å². The second-order valence-corrected chi connectivity index (χ2v) is 8.36. The van der Waals surface area contributed by atoms with Crippen LogP contribution in [-0.2, 0) is 4.79 Å². The molecule has 4 nitrogen and oxygen atoms in total. The van der Waals surface area contributed by atoms with E-state index in [0.29, 0.717) is 18.0 Å². The topological polar surface area (TPSA) is 26.8 Å². The molecule has 0 bridgehead atoms. The molecule has 2 heterocycles. The van der Waals surface area contributed by atoms with Crippen molar-refractivity contribution in [3.63, 3.8) is 0 Å². The highest BCUT2D eigenvalue weighted by atomic mass is 19.1. The maximum atomic E-state index is 13.2. The molecule has 27 heavy (non-hydrogen) atoms. The van der Waals surface area contributed by atoms with E-state index >= 15 is 0 Å². The monoisotopic (exact) mass is 375 g/mol. The first-order valence-corrected chi connectivity index (χ1v) is 10.4. The number of anilines is 1. The number of benzene rings is 1. The van der Waals surface area contributed by atoms with Crippen LogP contribution in [0.5, 0.6) is 0 Å². The zero-order chi connectivity index (χ0) is 19.6. The molecule has 1 aromatic carbocycles. The molecular formula is C22H34FN3O. The number of hydrogen-bond donors (Lipinski definition) is 0. The van der Waals surface area contributed by atoms with Crippen LogP contribution >= 0.6 is 0 Å². The van der Waals surface area contributed by atoms with E-state index in [0.717, 1.165) is 57.5 Å². The Kier molecular flexibility index (Phi) is 6.09. The minimum absolute atomic E-state index is 0.133. The van der Waals surface area contributed by atoms with Gasteiger partial charge in [-0.3, -0.25) is 9.69 Å². The maximum absolute atomic E-state index is 13.2. The number of carbonyl (C=O) groups is 1. The van der Waals surface area contributed by atoms with Gasteiger partial charge in [-0.05, 0) is 56.9 Å². The molecule has 2 aliphatic rings. The number of nitrogens with zero attached hydrogens (tertiary/aromatic N) is 3. The van der Waals surface area contributed by atoms with Gasteiger partial charge in [-0.1, -0.05) is 13.8 Å². The van der Waals surface area contributed by atoms with Gasteiger partial charge in [0.15, 0.2) is 0 Å². The second-order valence-electron chi connectivity index (χ2n) is 8.36. The molecule has 1 aromatic rings. The summed E-state index contributed by atoms with van der Waals surface area (Å²) in [4.78, 5) is 19.6. The van der Waals surface area contributed by atoms with E-state index in [1.807, 2.05) is 24.1 Å². The Morgan fingerprint density at radius 3 is 2.37 bits per heavy atom. The Labute approximate surface area is 163 Å². The van der Waals surface area contributed by atoms with Crippen LogP contribution in [-0.4, -0.2) is 61.0 Å². The molecule has 0 aliphatic carbocycles. The number of amides is 1. The lowest BCUT2D eigenvalue weighted by molar-refractivity contribution is -0.136. The molecule has 0 aromatic heterocycles. The van der Waals surface area contributed by atoms with Gasteiger partial charge in [-0.25, -0.2) is 4.39 Å². The predicted molar refractivity (Wildman–Crippen MR) is 108 cm³/mol. The summed E-state index contributed by atoms with van der Waals surface area (Å²) in [5.41, 5.74) is 0.964. The SMILES string of the molecule is CCC1(CC)C[C@H](CCN2CCN(c3ccc(F)cc3)C[C@@H]2C)N(C)C1=O. The van der Waals surface area contributed by atoms with Gasteiger partial charge in [0, 0.05) is 51.0 Å². The first kappa shape index (κ1) is 20.1. The summed E-state index contributed by atoms with van der Waals surface area (Å²) in [6.45, 7) is 10.5. The zero-order valence-electron chi connectivity index (χ0n) is 17.2. The number of rotatable bonds is 6. The number of hydrogen-bond acceptors (Lipinski definition) is 3. The highest BCUT2D eigenvalue weighted by molar-refractivity contribution is 5.85. The summed E-state index contributed by atoms with van der Waals surface area (Å²) >= 11 is 0. The first-order valence-electron chi connectivity index (χ1n) is 10.4. The fraction of sp³-hybridized carbons (Fsp3) is 0.682. The van der Waals surface area contributed by atoms with Crippen LogP contribution in [0.3, 0.4) is 0 Å². The summed E-state index contributed by atoms with van der Waals surface area (Å²) < 4.78 is 13.2. The van der Waals surface area contributed by atoms with E-state index in [1.165, 1.54) is 12.1 Å². The van der Waals surface area contributed by atoms with E-state index < -0.39 is 0 Å². The molecule has 5 heteroatoms. The van der Waals surface area contributed by atoms with E-state index in [2.05, 4.69) is 30.6 Å². The van der Waals surface area contributed by atoms with Crippen LogP contribution in [0.25, 0.3) is 0 Å². The van der Waals surface area contributed by atoms with Gasteiger partial charge in [0.05, 0.1) is 5.41 Å². The van der Waals surface area contributed by atoms with Crippen LogP contribution in [0, 0.1) is 11.2 Å². The molecule has 2 fully saturated rings. The van der Waals surface area contributed by atoms with Gasteiger partial charge in [-0.15, -0.1) is 0 Å². The van der Waals surface area contributed by atoms with Crippen LogP contribution in [0.1, 0.15) is 46.5 Å². The number of carbonyl (C=O) groups excluding carboxylic acids is 1. The number of halogens is 1. The second kappa shape index (κ2) is 8.17. The molecule has 0 unspecified atom stereocenters. The maximum Gasteiger partial charge on any atom is 0.228 e. The third-order valence-electron chi connectivity index (χ3n) is 7.01. The van der Waals surface area contributed by atoms with Crippen LogP contribution < -0.4 is 4.90 Å². The van der Waals surface area contributed by atoms with E-state index in [1.54, 1.807) is 0 Å². The Hall–Kier alpha value is -1.62. The average molecular weight is 376 g/mol. The molecule has 0 N–H and O–H groups in total. The molecule has 1 amide bonds. The highest BCUT2D eigenvalue weighted by Gasteiger charge is 2.47. The van der Waals surface area contributed by atoms with Gasteiger partial charge in [0.1, 0.15) is 5.82 Å². The van der Waals surface area contributed by atoms with Crippen molar-refractivity contribution in [2.75, 3.05) is 38.1 Å². The fourth-order valence-electron chi connectivity index (χ4n) is 4.88. The summed E-state index contributed by atoms with van der Waals surface area (Å²) in [6, 6.07) is 7.62. The fourth-order valence-corrected chi connectivity index (χ4v) is 4.88.